The first-order valence-corrected chi connectivity index (χ1v) is 9.12. The van der Waals surface area contributed by atoms with Gasteiger partial charge in [0.2, 0.25) is 0 Å². The molecule has 0 fully saturated rings. The highest BCUT2D eigenvalue weighted by molar-refractivity contribution is 5.95. The summed E-state index contributed by atoms with van der Waals surface area (Å²) in [5, 5.41) is 2.75. The van der Waals surface area contributed by atoms with Gasteiger partial charge in [-0.3, -0.25) is 4.99 Å². The van der Waals surface area contributed by atoms with Gasteiger partial charge in [0.05, 0.1) is 16.9 Å². The molecule has 0 spiro atoms. The minimum atomic E-state index is -4.42. The third kappa shape index (κ3) is 4.53. The molecule has 2 aromatic carbocycles. The highest BCUT2D eigenvalue weighted by Crippen LogP contribution is 2.33. The Hall–Kier alpha value is -3.55. The zero-order valence-corrected chi connectivity index (χ0v) is 16.3. The molecule has 0 unspecified atom stereocenters. The molecule has 0 aliphatic carbocycles. The van der Waals surface area contributed by atoms with E-state index < -0.39 is 17.8 Å². The number of carbonyl (C=O) groups is 1. The van der Waals surface area contributed by atoms with E-state index in [1.807, 2.05) is 0 Å². The van der Waals surface area contributed by atoms with E-state index in [2.05, 4.69) is 16.9 Å². The summed E-state index contributed by atoms with van der Waals surface area (Å²) in [6.07, 6.45) is 0.647. The number of amides is 2. The van der Waals surface area contributed by atoms with Gasteiger partial charge in [0.1, 0.15) is 0 Å². The van der Waals surface area contributed by atoms with E-state index in [0.717, 1.165) is 23.3 Å². The molecule has 156 valence electrons. The summed E-state index contributed by atoms with van der Waals surface area (Å²) in [6.45, 7) is 4.10. The summed E-state index contributed by atoms with van der Waals surface area (Å²) in [5.41, 5.74) is 8.81. The number of nitrogens with zero attached hydrogens (tertiary/aromatic N) is 2. The van der Waals surface area contributed by atoms with Crippen molar-refractivity contribution >= 4 is 29.2 Å². The van der Waals surface area contributed by atoms with Crippen LogP contribution in [-0.2, 0) is 19.3 Å². The van der Waals surface area contributed by atoms with E-state index in [4.69, 9.17) is 5.73 Å². The monoisotopic (exact) mass is 414 g/mol. The number of benzene rings is 2. The Bertz CT molecular complexity index is 1040. The quantitative estimate of drug-likeness (QED) is 0.415. The van der Waals surface area contributed by atoms with Crippen LogP contribution >= 0.6 is 0 Å². The Balaban J connectivity index is 1.78. The first-order valence-electron chi connectivity index (χ1n) is 9.12. The lowest BCUT2D eigenvalue weighted by Crippen LogP contribution is -2.30. The van der Waals surface area contributed by atoms with E-state index >= 15 is 0 Å². The minimum absolute atomic E-state index is 0.0927. The molecule has 0 saturated carbocycles. The topological polar surface area (TPSA) is 70.7 Å². The van der Waals surface area contributed by atoms with E-state index in [0.29, 0.717) is 22.5 Å². The number of carbonyl (C=O) groups excluding carboxylic acids is 1. The number of rotatable bonds is 4. The molecule has 5 nitrogen and oxygen atoms in total. The molecule has 3 N–H and O–H groups in total. The molecule has 1 aliphatic rings. The molecule has 30 heavy (non-hydrogen) atoms. The van der Waals surface area contributed by atoms with Crippen molar-refractivity contribution in [3.63, 3.8) is 0 Å². The molecule has 0 aromatic heterocycles. The van der Waals surface area contributed by atoms with Gasteiger partial charge in [-0.05, 0) is 52.6 Å². The lowest BCUT2D eigenvalue weighted by molar-refractivity contribution is -0.137. The second-order valence-corrected chi connectivity index (χ2v) is 6.80. The van der Waals surface area contributed by atoms with Crippen LogP contribution < -0.4 is 11.1 Å². The number of fused-ring (bicyclic) bond motifs is 1. The second-order valence-electron chi connectivity index (χ2n) is 6.80. The van der Waals surface area contributed by atoms with Crippen LogP contribution in [0.2, 0.25) is 0 Å². The van der Waals surface area contributed by atoms with Gasteiger partial charge in [0.25, 0.3) is 0 Å². The van der Waals surface area contributed by atoms with E-state index in [9.17, 15) is 18.0 Å². The van der Waals surface area contributed by atoms with Crippen LogP contribution in [0.1, 0.15) is 22.3 Å². The SMILES string of the molecule is C=C/C(=C\C=NC)c1ccc(N)c(NC(=O)N2Cc3ccc(C(F)(F)F)cc3C2)c1. The summed E-state index contributed by atoms with van der Waals surface area (Å²) < 4.78 is 38.8. The average Bonchev–Trinajstić information content (AvgIpc) is 3.13. The predicted molar refractivity (Wildman–Crippen MR) is 113 cm³/mol. The largest absolute Gasteiger partial charge is 0.416 e. The van der Waals surface area contributed by atoms with Crippen LogP contribution in [0.4, 0.5) is 29.3 Å². The smallest absolute Gasteiger partial charge is 0.397 e. The molecule has 0 radical (unpaired) electrons. The number of urea groups is 1. The van der Waals surface area contributed by atoms with Crippen LogP contribution in [0.15, 0.2) is 60.1 Å². The van der Waals surface area contributed by atoms with Crippen molar-refractivity contribution in [3.8, 4) is 0 Å². The number of halogens is 3. The molecular weight excluding hydrogens is 393 g/mol. The summed E-state index contributed by atoms with van der Waals surface area (Å²) >= 11 is 0. The van der Waals surface area contributed by atoms with Crippen LogP contribution in [0.5, 0.6) is 0 Å². The highest BCUT2D eigenvalue weighted by atomic mass is 19.4. The van der Waals surface area contributed by atoms with Gasteiger partial charge in [-0.15, -0.1) is 0 Å². The molecule has 1 heterocycles. The van der Waals surface area contributed by atoms with Crippen LogP contribution in [-0.4, -0.2) is 24.2 Å². The number of nitrogens with two attached hydrogens (primary N) is 1. The Morgan fingerprint density at radius 3 is 2.60 bits per heavy atom. The lowest BCUT2D eigenvalue weighted by Gasteiger charge is -2.18. The first-order chi connectivity index (χ1) is 14.2. The molecule has 0 saturated heterocycles. The van der Waals surface area contributed by atoms with Gasteiger partial charge in [0, 0.05) is 26.4 Å². The number of anilines is 2. The number of nitrogens with one attached hydrogen (secondary N) is 1. The number of alkyl halides is 3. The average molecular weight is 414 g/mol. The Labute approximate surface area is 172 Å². The third-order valence-corrected chi connectivity index (χ3v) is 4.79. The zero-order chi connectivity index (χ0) is 21.9. The van der Waals surface area contributed by atoms with Crippen LogP contribution in [0.3, 0.4) is 0 Å². The zero-order valence-electron chi connectivity index (χ0n) is 16.3. The Morgan fingerprint density at radius 1 is 1.20 bits per heavy atom. The van der Waals surface area contributed by atoms with Crippen molar-refractivity contribution in [3.05, 3.63) is 77.4 Å². The predicted octanol–water partition coefficient (Wildman–Crippen LogP) is 5.11. The van der Waals surface area contributed by atoms with Gasteiger partial charge in [-0.1, -0.05) is 24.8 Å². The van der Waals surface area contributed by atoms with E-state index in [1.54, 1.807) is 43.6 Å². The number of hydrogen-bond donors (Lipinski definition) is 2. The summed E-state index contributed by atoms with van der Waals surface area (Å²) in [6, 6.07) is 8.28. The van der Waals surface area contributed by atoms with Crippen molar-refractivity contribution < 1.29 is 18.0 Å². The van der Waals surface area contributed by atoms with Gasteiger partial charge in [-0.2, -0.15) is 13.2 Å². The maximum atomic E-state index is 12.9. The van der Waals surface area contributed by atoms with E-state index in [-0.39, 0.29) is 13.1 Å². The molecule has 8 heteroatoms. The van der Waals surface area contributed by atoms with Crippen LogP contribution in [0.25, 0.3) is 5.57 Å². The van der Waals surface area contributed by atoms with Crippen molar-refractivity contribution in [2.45, 2.75) is 19.3 Å². The molecule has 2 aromatic rings. The van der Waals surface area contributed by atoms with Crippen LogP contribution in [0, 0.1) is 0 Å². The number of hydrogen-bond acceptors (Lipinski definition) is 3. The Morgan fingerprint density at radius 2 is 1.93 bits per heavy atom. The normalized spacial score (nSPS) is 14.1. The molecule has 0 atom stereocenters. The third-order valence-electron chi connectivity index (χ3n) is 4.79. The van der Waals surface area contributed by atoms with Crippen molar-refractivity contribution in [1.29, 1.82) is 0 Å². The molecular formula is C22H21F3N4O. The van der Waals surface area contributed by atoms with Gasteiger partial charge >= 0.3 is 12.2 Å². The van der Waals surface area contributed by atoms with Gasteiger partial charge < -0.3 is 16.0 Å². The Kier molecular flexibility index (Phi) is 5.96. The molecule has 1 aliphatic heterocycles. The fraction of sp³-hybridized carbons (Fsp3) is 0.182. The second kappa shape index (κ2) is 8.44. The first kappa shape index (κ1) is 21.2. The molecule has 0 bridgehead atoms. The van der Waals surface area contributed by atoms with Crippen molar-refractivity contribution in [1.82, 2.24) is 4.90 Å². The maximum absolute atomic E-state index is 12.9. The summed E-state index contributed by atoms with van der Waals surface area (Å²) in [4.78, 5) is 18.1. The number of nitrogen functional groups attached to an aromatic ring is 1. The standard InChI is InChI=1S/C22H21F3N4O/c1-3-14(8-9-27-2)15-5-7-19(26)20(11-15)28-21(30)29-12-16-4-6-18(22(23,24)25)10-17(16)13-29/h3-11H,1,12-13,26H2,2H3,(H,28,30)/b14-8+,27-9?. The fourth-order valence-electron chi connectivity index (χ4n) is 3.19. The van der Waals surface area contributed by atoms with Gasteiger partial charge in [0.15, 0.2) is 0 Å². The fourth-order valence-corrected chi connectivity index (χ4v) is 3.19. The molecule has 3 rings (SSSR count). The number of allylic oxidation sites excluding steroid dienone is 3. The van der Waals surface area contributed by atoms with Crippen molar-refractivity contribution in [2.24, 2.45) is 4.99 Å². The minimum Gasteiger partial charge on any atom is -0.397 e. The highest BCUT2D eigenvalue weighted by Gasteiger charge is 2.33. The summed E-state index contributed by atoms with van der Waals surface area (Å²) in [7, 11) is 1.65. The maximum Gasteiger partial charge on any atom is 0.416 e. The summed E-state index contributed by atoms with van der Waals surface area (Å²) in [5.74, 6) is 0. The van der Waals surface area contributed by atoms with E-state index in [1.165, 1.54) is 11.0 Å². The molecule has 2 amide bonds. The lowest BCUT2D eigenvalue weighted by atomic mass is 10.0. The van der Waals surface area contributed by atoms with Gasteiger partial charge in [-0.25, -0.2) is 4.79 Å². The number of aliphatic imine (C=N–C) groups is 1. The van der Waals surface area contributed by atoms with Crippen molar-refractivity contribution in [2.75, 3.05) is 18.1 Å².